The zero-order valence-corrected chi connectivity index (χ0v) is 38.4. The van der Waals surface area contributed by atoms with Crippen molar-refractivity contribution in [2.24, 2.45) is 5.92 Å². The monoisotopic (exact) mass is 907 g/mol. The number of ether oxygens (including phenoxy) is 4. The first-order chi connectivity index (χ1) is 28.6. The van der Waals surface area contributed by atoms with Crippen molar-refractivity contribution in [1.29, 1.82) is 0 Å². The molecule has 60 heavy (non-hydrogen) atoms. The highest BCUT2D eigenvalue weighted by molar-refractivity contribution is 7.81. The third kappa shape index (κ3) is 23.4. The van der Waals surface area contributed by atoms with E-state index in [1.165, 1.54) is 122 Å². The standard InChI is InChI=1S/C42H82O16S2/c1-4-6-8-10-12-14-16-18-20-22-24-26-28-33(29-27-25-23-21-19-17-15-13-11-9-7-5-2)31-53-42-40(39(58-60(50,51)52)36(45)34(30-43)55-42)56-41-37(46)38(57-59(47,48)49)35(44)32(3)54-41/h32-46H,4-31H2,1-3H3,(H,47,48,49)(H,50,51,52)/t32-,34+,35+,36-,37-,38+,39-,40+,41-,42+/m0/s1. The Labute approximate surface area is 361 Å². The van der Waals surface area contributed by atoms with Crippen LogP contribution in [0.4, 0.5) is 0 Å². The molecule has 0 spiro atoms. The van der Waals surface area contributed by atoms with Gasteiger partial charge in [0.1, 0.15) is 42.7 Å². The molecule has 2 aliphatic rings. The van der Waals surface area contributed by atoms with Crippen LogP contribution in [-0.2, 0) is 48.1 Å². The molecule has 0 radical (unpaired) electrons. The molecule has 6 N–H and O–H groups in total. The highest BCUT2D eigenvalue weighted by atomic mass is 32.3. The fourth-order valence-electron chi connectivity index (χ4n) is 8.18. The van der Waals surface area contributed by atoms with Crippen LogP contribution in [0.3, 0.4) is 0 Å². The number of aliphatic hydroxyl groups excluding tert-OH is 4. The maximum atomic E-state index is 12.0. The van der Waals surface area contributed by atoms with Crippen molar-refractivity contribution in [1.82, 2.24) is 0 Å². The van der Waals surface area contributed by atoms with E-state index in [1.54, 1.807) is 0 Å². The van der Waals surface area contributed by atoms with Crippen LogP contribution in [0.2, 0.25) is 0 Å². The third-order valence-electron chi connectivity index (χ3n) is 11.8. The molecular weight excluding hydrogens is 825 g/mol. The molecule has 2 heterocycles. The summed E-state index contributed by atoms with van der Waals surface area (Å²) in [6.45, 7) is 5.08. The summed E-state index contributed by atoms with van der Waals surface area (Å²) in [6, 6.07) is 0. The van der Waals surface area contributed by atoms with Gasteiger partial charge in [0.15, 0.2) is 12.6 Å². The topological polar surface area (TPSA) is 245 Å². The molecule has 358 valence electrons. The molecule has 0 aromatic heterocycles. The van der Waals surface area contributed by atoms with Gasteiger partial charge in [-0.15, -0.1) is 0 Å². The van der Waals surface area contributed by atoms with Gasteiger partial charge >= 0.3 is 20.8 Å². The van der Waals surface area contributed by atoms with Crippen LogP contribution in [0.15, 0.2) is 0 Å². The number of aliphatic hydroxyl groups is 4. The number of hydrogen-bond donors (Lipinski definition) is 6. The van der Waals surface area contributed by atoms with Crippen molar-refractivity contribution in [2.75, 3.05) is 13.2 Å². The van der Waals surface area contributed by atoms with E-state index < -0.39 is 88.8 Å². The van der Waals surface area contributed by atoms with Gasteiger partial charge in [0, 0.05) is 0 Å². The van der Waals surface area contributed by atoms with Gasteiger partial charge in [-0.1, -0.05) is 168 Å². The maximum absolute atomic E-state index is 12.0. The summed E-state index contributed by atoms with van der Waals surface area (Å²) in [6.07, 6.45) is 13.3. The summed E-state index contributed by atoms with van der Waals surface area (Å²) in [7, 11) is -10.4. The van der Waals surface area contributed by atoms with Crippen LogP contribution in [0.5, 0.6) is 0 Å². The van der Waals surface area contributed by atoms with E-state index in [-0.39, 0.29) is 12.5 Å². The second kappa shape index (κ2) is 31.3. The Balaban J connectivity index is 2.11. The van der Waals surface area contributed by atoms with Crippen molar-refractivity contribution in [2.45, 2.75) is 249 Å². The molecule has 0 aromatic carbocycles. The van der Waals surface area contributed by atoms with Crippen LogP contribution < -0.4 is 0 Å². The van der Waals surface area contributed by atoms with E-state index in [1.807, 2.05) is 0 Å². The Morgan fingerprint density at radius 2 is 0.917 bits per heavy atom. The maximum Gasteiger partial charge on any atom is 0.397 e. The predicted molar refractivity (Wildman–Crippen MR) is 227 cm³/mol. The minimum Gasteiger partial charge on any atom is -0.394 e. The summed E-state index contributed by atoms with van der Waals surface area (Å²) in [4.78, 5) is 0. The van der Waals surface area contributed by atoms with Gasteiger partial charge in [0.2, 0.25) is 0 Å². The molecule has 2 saturated heterocycles. The Hall–Kier alpha value is -0.580. The molecule has 0 aromatic rings. The quantitative estimate of drug-likeness (QED) is 0.0271. The van der Waals surface area contributed by atoms with Gasteiger partial charge in [-0.3, -0.25) is 9.11 Å². The highest BCUT2D eigenvalue weighted by Crippen LogP contribution is 2.33. The molecule has 0 bridgehead atoms. The van der Waals surface area contributed by atoms with Crippen LogP contribution in [0.25, 0.3) is 0 Å². The van der Waals surface area contributed by atoms with Crippen LogP contribution >= 0.6 is 0 Å². The smallest absolute Gasteiger partial charge is 0.394 e. The zero-order chi connectivity index (χ0) is 44.4. The Kier molecular flexibility index (Phi) is 29.0. The highest BCUT2D eigenvalue weighted by Gasteiger charge is 2.53. The molecule has 10 atom stereocenters. The average Bonchev–Trinajstić information content (AvgIpc) is 3.19. The number of unbranched alkanes of at least 4 members (excludes halogenated alkanes) is 22. The van der Waals surface area contributed by atoms with Gasteiger partial charge in [0.05, 0.1) is 19.3 Å². The second-order valence-corrected chi connectivity index (χ2v) is 19.1. The summed E-state index contributed by atoms with van der Waals surface area (Å²) in [5.41, 5.74) is 0. The summed E-state index contributed by atoms with van der Waals surface area (Å²) < 4.78 is 98.9. The summed E-state index contributed by atoms with van der Waals surface area (Å²) in [5, 5.41) is 42.5. The molecular formula is C42H82O16S2. The van der Waals surface area contributed by atoms with Crippen molar-refractivity contribution in [3.05, 3.63) is 0 Å². The van der Waals surface area contributed by atoms with Crippen molar-refractivity contribution < 1.29 is 73.7 Å². The SMILES string of the molecule is CCCCCCCCCCCCCCC(CCCCCCCCCCCCCC)CO[C@@H]1O[C@H](CO)[C@H](O)[C@H](OS(=O)(=O)O)[C@H]1O[C@@H]1O[C@@H](C)[C@@H](O)[C@@H](OS(=O)(=O)O)[C@@H]1O. The van der Waals surface area contributed by atoms with E-state index in [9.17, 15) is 46.4 Å². The fourth-order valence-corrected chi connectivity index (χ4v) is 9.19. The lowest BCUT2D eigenvalue weighted by molar-refractivity contribution is -0.361. The van der Waals surface area contributed by atoms with Crippen molar-refractivity contribution in [3.63, 3.8) is 0 Å². The van der Waals surface area contributed by atoms with Gasteiger partial charge < -0.3 is 39.4 Å². The first kappa shape index (κ1) is 55.6. The number of hydrogen-bond acceptors (Lipinski definition) is 14. The molecule has 0 unspecified atom stereocenters. The lowest BCUT2D eigenvalue weighted by atomic mass is 9.94. The summed E-state index contributed by atoms with van der Waals surface area (Å²) in [5.74, 6) is 0.0556. The second-order valence-electron chi connectivity index (χ2n) is 17.0. The average molecular weight is 907 g/mol. The molecule has 2 fully saturated rings. The van der Waals surface area contributed by atoms with E-state index in [0.29, 0.717) is 0 Å². The van der Waals surface area contributed by atoms with E-state index >= 15 is 0 Å². The van der Waals surface area contributed by atoms with Gasteiger partial charge in [-0.05, 0) is 25.7 Å². The third-order valence-corrected chi connectivity index (χ3v) is 12.7. The zero-order valence-electron chi connectivity index (χ0n) is 36.7. The summed E-state index contributed by atoms with van der Waals surface area (Å²) >= 11 is 0. The largest absolute Gasteiger partial charge is 0.397 e. The minimum atomic E-state index is -5.26. The van der Waals surface area contributed by atoms with E-state index in [0.717, 1.165) is 51.4 Å². The Morgan fingerprint density at radius 3 is 1.32 bits per heavy atom. The first-order valence-electron chi connectivity index (χ1n) is 23.2. The molecule has 0 saturated carbocycles. The lowest BCUT2D eigenvalue weighted by Gasteiger charge is -2.46. The minimum absolute atomic E-state index is 0.0556. The normalized spacial score (nSPS) is 27.8. The van der Waals surface area contributed by atoms with Crippen molar-refractivity contribution in [3.8, 4) is 0 Å². The van der Waals surface area contributed by atoms with Crippen LogP contribution in [0, 0.1) is 5.92 Å². The molecule has 2 rings (SSSR count). The van der Waals surface area contributed by atoms with E-state index in [4.69, 9.17) is 23.1 Å². The fraction of sp³-hybridized carbons (Fsp3) is 1.00. The molecule has 0 aliphatic carbocycles. The molecule has 0 amide bonds. The molecule has 16 nitrogen and oxygen atoms in total. The predicted octanol–water partition coefficient (Wildman–Crippen LogP) is 7.11. The Bertz CT molecular complexity index is 1260. The van der Waals surface area contributed by atoms with Gasteiger partial charge in [0.25, 0.3) is 0 Å². The van der Waals surface area contributed by atoms with Crippen LogP contribution in [-0.4, -0.2) is 121 Å². The molecule has 2 aliphatic heterocycles. The first-order valence-corrected chi connectivity index (χ1v) is 25.9. The van der Waals surface area contributed by atoms with Crippen molar-refractivity contribution >= 4 is 20.8 Å². The van der Waals surface area contributed by atoms with Crippen LogP contribution in [0.1, 0.15) is 188 Å². The Morgan fingerprint density at radius 1 is 0.517 bits per heavy atom. The lowest BCUT2D eigenvalue weighted by Crippen LogP contribution is -2.65. The van der Waals surface area contributed by atoms with E-state index in [2.05, 4.69) is 18.0 Å². The number of rotatable bonds is 36. The van der Waals surface area contributed by atoms with Gasteiger partial charge in [-0.25, -0.2) is 8.37 Å². The van der Waals surface area contributed by atoms with Gasteiger partial charge in [-0.2, -0.15) is 16.8 Å². The molecule has 18 heteroatoms.